The standard InChI is InChI=1S/C11H15IN2O/c1-2-13-6-7-14-11(15)9-4-3-5-10(12)8-9/h3-5,8,13H,2,6-7H2,1H3,(H,14,15). The molecule has 82 valence electrons. The lowest BCUT2D eigenvalue weighted by Crippen LogP contribution is -2.31. The molecule has 15 heavy (non-hydrogen) atoms. The highest BCUT2D eigenvalue weighted by molar-refractivity contribution is 14.1. The third kappa shape index (κ3) is 4.61. The van der Waals surface area contributed by atoms with E-state index >= 15 is 0 Å². The fourth-order valence-electron chi connectivity index (χ4n) is 1.17. The molecule has 2 N–H and O–H groups in total. The van der Waals surface area contributed by atoms with Gasteiger partial charge in [0.2, 0.25) is 0 Å². The highest BCUT2D eigenvalue weighted by Gasteiger charge is 2.03. The first kappa shape index (κ1) is 12.4. The van der Waals surface area contributed by atoms with E-state index in [2.05, 4.69) is 33.2 Å². The molecule has 4 heteroatoms. The van der Waals surface area contributed by atoms with Gasteiger partial charge in [0, 0.05) is 22.2 Å². The van der Waals surface area contributed by atoms with Crippen LogP contribution in [0.3, 0.4) is 0 Å². The van der Waals surface area contributed by atoms with Crippen LogP contribution < -0.4 is 10.6 Å². The maximum absolute atomic E-state index is 11.6. The van der Waals surface area contributed by atoms with Crippen molar-refractivity contribution in [2.45, 2.75) is 6.92 Å². The second-order valence-corrected chi connectivity index (χ2v) is 4.37. The Morgan fingerprint density at radius 3 is 2.87 bits per heavy atom. The highest BCUT2D eigenvalue weighted by atomic mass is 127. The van der Waals surface area contributed by atoms with Crippen LogP contribution in [0.25, 0.3) is 0 Å². The molecule has 0 saturated heterocycles. The zero-order valence-electron chi connectivity index (χ0n) is 8.72. The number of likely N-dealkylation sites (N-methyl/N-ethyl adjacent to an activating group) is 1. The molecule has 1 aromatic carbocycles. The van der Waals surface area contributed by atoms with Crippen molar-refractivity contribution < 1.29 is 4.79 Å². The largest absolute Gasteiger partial charge is 0.351 e. The number of halogens is 1. The molecule has 0 aliphatic heterocycles. The Labute approximate surface area is 104 Å². The van der Waals surface area contributed by atoms with Gasteiger partial charge < -0.3 is 10.6 Å². The van der Waals surface area contributed by atoms with E-state index in [0.29, 0.717) is 6.54 Å². The summed E-state index contributed by atoms with van der Waals surface area (Å²) in [6, 6.07) is 7.56. The van der Waals surface area contributed by atoms with Gasteiger partial charge >= 0.3 is 0 Å². The van der Waals surface area contributed by atoms with Gasteiger partial charge in [-0.05, 0) is 47.3 Å². The molecule has 0 fully saturated rings. The van der Waals surface area contributed by atoms with Crippen LogP contribution in [0.5, 0.6) is 0 Å². The molecule has 0 saturated carbocycles. The molecule has 0 spiro atoms. The van der Waals surface area contributed by atoms with Crippen molar-refractivity contribution in [1.29, 1.82) is 0 Å². The molecule has 0 bridgehead atoms. The van der Waals surface area contributed by atoms with E-state index < -0.39 is 0 Å². The van der Waals surface area contributed by atoms with Crippen molar-refractivity contribution in [2.24, 2.45) is 0 Å². The Hall–Kier alpha value is -0.620. The molecule has 0 atom stereocenters. The molecule has 0 aliphatic carbocycles. The van der Waals surface area contributed by atoms with E-state index in [-0.39, 0.29) is 5.91 Å². The minimum atomic E-state index is -0.00795. The van der Waals surface area contributed by atoms with Crippen LogP contribution in [0, 0.1) is 3.57 Å². The molecule has 0 radical (unpaired) electrons. The van der Waals surface area contributed by atoms with Crippen molar-refractivity contribution >= 4 is 28.5 Å². The fraction of sp³-hybridized carbons (Fsp3) is 0.364. The maximum Gasteiger partial charge on any atom is 0.251 e. The Morgan fingerprint density at radius 2 is 2.20 bits per heavy atom. The van der Waals surface area contributed by atoms with Gasteiger partial charge in [-0.15, -0.1) is 0 Å². The van der Waals surface area contributed by atoms with Crippen LogP contribution >= 0.6 is 22.6 Å². The Kier molecular flexibility index (Phi) is 5.63. The average Bonchev–Trinajstić information content (AvgIpc) is 2.24. The molecule has 0 aliphatic rings. The maximum atomic E-state index is 11.6. The predicted molar refractivity (Wildman–Crippen MR) is 70.0 cm³/mol. The Bertz CT molecular complexity index is 328. The van der Waals surface area contributed by atoms with Crippen LogP contribution in [-0.2, 0) is 0 Å². The first-order valence-corrected chi connectivity index (χ1v) is 6.06. The Morgan fingerprint density at radius 1 is 1.40 bits per heavy atom. The number of carbonyl (C=O) groups excluding carboxylic acids is 1. The number of hydrogen-bond acceptors (Lipinski definition) is 2. The van der Waals surface area contributed by atoms with Crippen LogP contribution in [0.4, 0.5) is 0 Å². The van der Waals surface area contributed by atoms with Gasteiger partial charge in [-0.1, -0.05) is 13.0 Å². The van der Waals surface area contributed by atoms with Crippen molar-refractivity contribution in [2.75, 3.05) is 19.6 Å². The average molecular weight is 318 g/mol. The van der Waals surface area contributed by atoms with Gasteiger partial charge in [-0.3, -0.25) is 4.79 Å². The number of benzene rings is 1. The number of amides is 1. The van der Waals surface area contributed by atoms with Crippen LogP contribution in [0.1, 0.15) is 17.3 Å². The van der Waals surface area contributed by atoms with Crippen molar-refractivity contribution in [1.82, 2.24) is 10.6 Å². The molecule has 3 nitrogen and oxygen atoms in total. The van der Waals surface area contributed by atoms with E-state index in [4.69, 9.17) is 0 Å². The normalized spacial score (nSPS) is 10.0. The monoisotopic (exact) mass is 318 g/mol. The molecular weight excluding hydrogens is 303 g/mol. The lowest BCUT2D eigenvalue weighted by Gasteiger charge is -2.05. The minimum Gasteiger partial charge on any atom is -0.351 e. The summed E-state index contributed by atoms with van der Waals surface area (Å²) in [5, 5.41) is 6.01. The second-order valence-electron chi connectivity index (χ2n) is 3.12. The summed E-state index contributed by atoms with van der Waals surface area (Å²) in [7, 11) is 0. The van der Waals surface area contributed by atoms with Crippen molar-refractivity contribution in [3.05, 3.63) is 33.4 Å². The molecular formula is C11H15IN2O. The summed E-state index contributed by atoms with van der Waals surface area (Å²) >= 11 is 2.20. The summed E-state index contributed by atoms with van der Waals surface area (Å²) in [6.07, 6.45) is 0. The lowest BCUT2D eigenvalue weighted by molar-refractivity contribution is 0.0954. The third-order valence-corrected chi connectivity index (χ3v) is 2.60. The zero-order chi connectivity index (χ0) is 11.1. The predicted octanol–water partition coefficient (Wildman–Crippen LogP) is 1.63. The first-order valence-electron chi connectivity index (χ1n) is 4.98. The summed E-state index contributed by atoms with van der Waals surface area (Å²) in [6.45, 7) is 4.45. The van der Waals surface area contributed by atoms with E-state index in [1.54, 1.807) is 0 Å². The molecule has 0 heterocycles. The van der Waals surface area contributed by atoms with Crippen LogP contribution in [0.2, 0.25) is 0 Å². The topological polar surface area (TPSA) is 41.1 Å². The molecule has 0 aromatic heterocycles. The molecule has 1 amide bonds. The molecule has 1 aromatic rings. The number of rotatable bonds is 5. The van der Waals surface area contributed by atoms with E-state index in [0.717, 1.165) is 22.2 Å². The molecule has 1 rings (SSSR count). The number of nitrogens with one attached hydrogen (secondary N) is 2. The van der Waals surface area contributed by atoms with Crippen LogP contribution in [-0.4, -0.2) is 25.5 Å². The van der Waals surface area contributed by atoms with Gasteiger partial charge in [0.1, 0.15) is 0 Å². The smallest absolute Gasteiger partial charge is 0.251 e. The zero-order valence-corrected chi connectivity index (χ0v) is 10.9. The van der Waals surface area contributed by atoms with Crippen molar-refractivity contribution in [3.8, 4) is 0 Å². The van der Waals surface area contributed by atoms with E-state index in [9.17, 15) is 4.79 Å². The van der Waals surface area contributed by atoms with Crippen molar-refractivity contribution in [3.63, 3.8) is 0 Å². The highest BCUT2D eigenvalue weighted by Crippen LogP contribution is 2.07. The van der Waals surface area contributed by atoms with E-state index in [1.807, 2.05) is 31.2 Å². The summed E-state index contributed by atoms with van der Waals surface area (Å²) in [4.78, 5) is 11.6. The van der Waals surface area contributed by atoms with Gasteiger partial charge in [0.25, 0.3) is 5.91 Å². The third-order valence-electron chi connectivity index (χ3n) is 1.92. The summed E-state index contributed by atoms with van der Waals surface area (Å²) in [5.41, 5.74) is 0.721. The summed E-state index contributed by atoms with van der Waals surface area (Å²) in [5.74, 6) is -0.00795. The van der Waals surface area contributed by atoms with Crippen LogP contribution in [0.15, 0.2) is 24.3 Å². The fourth-order valence-corrected chi connectivity index (χ4v) is 1.72. The SMILES string of the molecule is CCNCCNC(=O)c1cccc(I)c1. The number of hydrogen-bond donors (Lipinski definition) is 2. The lowest BCUT2D eigenvalue weighted by atomic mass is 10.2. The summed E-state index contributed by atoms with van der Waals surface area (Å²) < 4.78 is 1.08. The van der Waals surface area contributed by atoms with Gasteiger partial charge in [-0.2, -0.15) is 0 Å². The molecule has 0 unspecified atom stereocenters. The van der Waals surface area contributed by atoms with Gasteiger partial charge in [-0.25, -0.2) is 0 Å². The van der Waals surface area contributed by atoms with E-state index in [1.165, 1.54) is 0 Å². The van der Waals surface area contributed by atoms with Gasteiger partial charge in [0.15, 0.2) is 0 Å². The number of carbonyl (C=O) groups is 1. The second kappa shape index (κ2) is 6.79. The quantitative estimate of drug-likeness (QED) is 0.640. The first-order chi connectivity index (χ1) is 7.24. The minimum absolute atomic E-state index is 0.00795. The van der Waals surface area contributed by atoms with Gasteiger partial charge in [0.05, 0.1) is 0 Å². The Balaban J connectivity index is 2.40.